The van der Waals surface area contributed by atoms with Gasteiger partial charge in [-0.25, -0.2) is 0 Å². The first-order valence-electron chi connectivity index (χ1n) is 6.24. The number of hydrogen-bond acceptors (Lipinski definition) is 3. The number of nitrogens with two attached hydrogens (primary N) is 1. The second-order valence-electron chi connectivity index (χ2n) is 4.70. The fraction of sp³-hybridized carbons (Fsp3) is 0.917. The largest absolute Gasteiger partial charge is 0.368 e. The molecule has 3 unspecified atom stereocenters. The van der Waals surface area contributed by atoms with Gasteiger partial charge in [-0.3, -0.25) is 4.79 Å². The fourth-order valence-electron chi connectivity index (χ4n) is 2.35. The summed E-state index contributed by atoms with van der Waals surface area (Å²) in [5.74, 6) is -0.179. The van der Waals surface area contributed by atoms with Crippen LogP contribution in [0.1, 0.15) is 46.5 Å². The van der Waals surface area contributed by atoms with Crippen molar-refractivity contribution < 1.29 is 4.79 Å². The quantitative estimate of drug-likeness (QED) is 0.750. The van der Waals surface area contributed by atoms with Gasteiger partial charge in [-0.05, 0) is 32.2 Å². The Morgan fingerprint density at radius 1 is 1.62 bits per heavy atom. The molecule has 0 saturated heterocycles. The second kappa shape index (κ2) is 5.92. The summed E-state index contributed by atoms with van der Waals surface area (Å²) in [7, 11) is 0. The highest BCUT2D eigenvalue weighted by Crippen LogP contribution is 2.39. The van der Waals surface area contributed by atoms with E-state index in [-0.39, 0.29) is 5.91 Å². The monoisotopic (exact) mass is 244 g/mol. The molecule has 0 bridgehead atoms. The summed E-state index contributed by atoms with van der Waals surface area (Å²) in [6, 6.07) is 0. The van der Waals surface area contributed by atoms with Gasteiger partial charge >= 0.3 is 0 Å². The lowest BCUT2D eigenvalue weighted by Crippen LogP contribution is -2.53. The number of nitrogens with one attached hydrogen (secondary N) is 1. The molecule has 3 nitrogen and oxygen atoms in total. The number of rotatable bonds is 6. The third-order valence-electron chi connectivity index (χ3n) is 3.46. The molecule has 0 aromatic rings. The Hall–Kier alpha value is -0.220. The number of likely N-dealkylation sites (N-methyl/N-ethyl adjacent to an activating group) is 1. The van der Waals surface area contributed by atoms with E-state index >= 15 is 0 Å². The van der Waals surface area contributed by atoms with Gasteiger partial charge in [-0.15, -0.1) is 0 Å². The fourth-order valence-corrected chi connectivity index (χ4v) is 3.84. The lowest BCUT2D eigenvalue weighted by molar-refractivity contribution is -0.124. The molecule has 16 heavy (non-hydrogen) atoms. The Balaban J connectivity index is 2.56. The zero-order valence-electron chi connectivity index (χ0n) is 10.6. The molecule has 0 aliphatic heterocycles. The maximum Gasteiger partial charge on any atom is 0.237 e. The van der Waals surface area contributed by atoms with Crippen LogP contribution in [0.15, 0.2) is 0 Å². The summed E-state index contributed by atoms with van der Waals surface area (Å²) < 4.78 is 0. The van der Waals surface area contributed by atoms with E-state index in [1.807, 2.05) is 18.7 Å². The van der Waals surface area contributed by atoms with Crippen molar-refractivity contribution in [2.45, 2.75) is 62.5 Å². The average Bonchev–Trinajstić information content (AvgIpc) is 2.63. The van der Waals surface area contributed by atoms with Crippen LogP contribution in [0.25, 0.3) is 0 Å². The van der Waals surface area contributed by atoms with Gasteiger partial charge in [-0.2, -0.15) is 11.8 Å². The van der Waals surface area contributed by atoms with Gasteiger partial charge < -0.3 is 11.1 Å². The maximum atomic E-state index is 11.6. The van der Waals surface area contributed by atoms with Crippen molar-refractivity contribution in [3.05, 3.63) is 0 Å². The van der Waals surface area contributed by atoms with Gasteiger partial charge in [-0.1, -0.05) is 20.8 Å². The number of carbonyl (C=O) groups is 1. The molecule has 1 fully saturated rings. The van der Waals surface area contributed by atoms with E-state index in [9.17, 15) is 4.79 Å². The molecule has 1 rings (SSSR count). The van der Waals surface area contributed by atoms with Crippen molar-refractivity contribution in [1.82, 2.24) is 5.32 Å². The van der Waals surface area contributed by atoms with E-state index < -0.39 is 5.54 Å². The van der Waals surface area contributed by atoms with Crippen LogP contribution in [0.2, 0.25) is 0 Å². The Morgan fingerprint density at radius 3 is 2.81 bits per heavy atom. The summed E-state index contributed by atoms with van der Waals surface area (Å²) >= 11 is 2.00. The summed E-state index contributed by atoms with van der Waals surface area (Å²) in [5.41, 5.74) is 5.10. The van der Waals surface area contributed by atoms with Crippen molar-refractivity contribution in [3.63, 3.8) is 0 Å². The highest BCUT2D eigenvalue weighted by Gasteiger charge is 2.43. The van der Waals surface area contributed by atoms with Crippen molar-refractivity contribution >= 4 is 17.7 Å². The molecule has 0 heterocycles. The van der Waals surface area contributed by atoms with E-state index in [1.54, 1.807) is 0 Å². The van der Waals surface area contributed by atoms with Gasteiger partial charge in [0.25, 0.3) is 0 Å². The van der Waals surface area contributed by atoms with Crippen molar-refractivity contribution in [1.29, 1.82) is 0 Å². The molecule has 4 heteroatoms. The predicted molar refractivity (Wildman–Crippen MR) is 70.6 cm³/mol. The molecule has 0 spiro atoms. The molecular formula is C12H24N2OS. The summed E-state index contributed by atoms with van der Waals surface area (Å²) in [6.45, 7) is 7.30. The first kappa shape index (κ1) is 13.8. The molecule has 0 aromatic heterocycles. The highest BCUT2D eigenvalue weighted by molar-refractivity contribution is 8.00. The number of carbonyl (C=O) groups excluding carboxylic acids is 1. The Labute approximate surface area is 103 Å². The number of amides is 1. The number of primary amides is 1. The van der Waals surface area contributed by atoms with Crippen LogP contribution < -0.4 is 11.1 Å². The molecule has 1 aliphatic carbocycles. The highest BCUT2D eigenvalue weighted by atomic mass is 32.2. The lowest BCUT2D eigenvalue weighted by Gasteiger charge is -2.26. The Kier molecular flexibility index (Phi) is 5.12. The van der Waals surface area contributed by atoms with Crippen LogP contribution in [-0.2, 0) is 4.79 Å². The van der Waals surface area contributed by atoms with E-state index in [4.69, 9.17) is 5.73 Å². The molecule has 94 valence electrons. The molecule has 1 aliphatic rings. The number of hydrogen-bond donors (Lipinski definition) is 2. The Bertz CT molecular complexity index is 247. The molecule has 0 radical (unpaired) electrons. The van der Waals surface area contributed by atoms with Crippen molar-refractivity contribution in [3.8, 4) is 0 Å². The molecule has 3 atom stereocenters. The second-order valence-corrected chi connectivity index (χ2v) is 6.44. The molecule has 3 N–H and O–H groups in total. The molecule has 1 saturated carbocycles. The maximum absolute atomic E-state index is 11.6. The Morgan fingerprint density at radius 2 is 2.31 bits per heavy atom. The first-order chi connectivity index (χ1) is 7.54. The van der Waals surface area contributed by atoms with Gasteiger partial charge in [0, 0.05) is 10.5 Å². The normalized spacial score (nSPS) is 31.6. The third kappa shape index (κ3) is 3.14. The van der Waals surface area contributed by atoms with Gasteiger partial charge in [0.2, 0.25) is 5.91 Å². The standard InChI is InChI=1S/C12H24N2OS/c1-4-9(3)16-10-6-7-12(8-10,11(13)15)14-5-2/h9-10,14H,4-8H2,1-3H3,(H2,13,15). The minimum absolute atomic E-state index is 0.179. The van der Waals surface area contributed by atoms with Crippen LogP contribution >= 0.6 is 11.8 Å². The predicted octanol–water partition coefficient (Wildman–Crippen LogP) is 1.90. The minimum Gasteiger partial charge on any atom is -0.368 e. The summed E-state index contributed by atoms with van der Waals surface area (Å²) in [5, 5.41) is 4.55. The van der Waals surface area contributed by atoms with Gasteiger partial charge in [0.15, 0.2) is 0 Å². The molecular weight excluding hydrogens is 220 g/mol. The zero-order valence-corrected chi connectivity index (χ0v) is 11.4. The lowest BCUT2D eigenvalue weighted by atomic mass is 9.97. The van der Waals surface area contributed by atoms with E-state index in [0.29, 0.717) is 10.5 Å². The van der Waals surface area contributed by atoms with Crippen LogP contribution in [0.4, 0.5) is 0 Å². The van der Waals surface area contributed by atoms with E-state index in [2.05, 4.69) is 19.2 Å². The average molecular weight is 244 g/mol. The van der Waals surface area contributed by atoms with Gasteiger partial charge in [0.05, 0.1) is 5.54 Å². The van der Waals surface area contributed by atoms with Crippen molar-refractivity contribution in [2.24, 2.45) is 5.73 Å². The van der Waals surface area contributed by atoms with Crippen molar-refractivity contribution in [2.75, 3.05) is 6.54 Å². The molecule has 1 amide bonds. The zero-order chi connectivity index (χ0) is 12.2. The SMILES string of the molecule is CCNC1(C(N)=O)CCC(SC(C)CC)C1. The third-order valence-corrected chi connectivity index (χ3v) is 5.04. The van der Waals surface area contributed by atoms with Gasteiger partial charge in [0.1, 0.15) is 0 Å². The van der Waals surface area contributed by atoms with Crippen LogP contribution in [0.3, 0.4) is 0 Å². The first-order valence-corrected chi connectivity index (χ1v) is 7.18. The summed E-state index contributed by atoms with van der Waals surface area (Å²) in [4.78, 5) is 11.6. The smallest absolute Gasteiger partial charge is 0.237 e. The van der Waals surface area contributed by atoms with E-state index in [1.165, 1.54) is 6.42 Å². The van der Waals surface area contributed by atoms with Crippen LogP contribution in [-0.4, -0.2) is 28.5 Å². The van der Waals surface area contributed by atoms with Crippen LogP contribution in [0, 0.1) is 0 Å². The van der Waals surface area contributed by atoms with E-state index in [0.717, 1.165) is 25.8 Å². The topological polar surface area (TPSA) is 55.1 Å². The number of thioether (sulfide) groups is 1. The van der Waals surface area contributed by atoms with Crippen LogP contribution in [0.5, 0.6) is 0 Å². The summed E-state index contributed by atoms with van der Waals surface area (Å²) in [6.07, 6.45) is 4.08. The minimum atomic E-state index is -0.431. The molecule has 0 aromatic carbocycles.